The summed E-state index contributed by atoms with van der Waals surface area (Å²) >= 11 is 0. The number of hydrogen-bond acceptors (Lipinski definition) is 4. The van der Waals surface area contributed by atoms with E-state index in [2.05, 4.69) is 27.7 Å². The summed E-state index contributed by atoms with van der Waals surface area (Å²) in [6, 6.07) is 0. The molecule has 0 unspecified atom stereocenters. The van der Waals surface area contributed by atoms with E-state index >= 15 is 0 Å². The molecule has 0 spiro atoms. The number of nitrogens with zero attached hydrogens (tertiary/aromatic N) is 4. The first-order valence-corrected chi connectivity index (χ1v) is 5.34. The van der Waals surface area contributed by atoms with E-state index in [1.165, 1.54) is 4.80 Å². The van der Waals surface area contributed by atoms with Crippen LogP contribution in [0.3, 0.4) is 0 Å². The van der Waals surface area contributed by atoms with E-state index in [1.54, 1.807) is 0 Å². The van der Waals surface area contributed by atoms with E-state index in [1.807, 2.05) is 6.92 Å². The molecule has 0 saturated carbocycles. The van der Waals surface area contributed by atoms with Crippen LogP contribution in [0.2, 0.25) is 0 Å². The smallest absolute Gasteiger partial charge is 0.270 e. The molecule has 0 aromatic carbocycles. The Morgan fingerprint density at radius 1 is 1.40 bits per heavy atom. The summed E-state index contributed by atoms with van der Waals surface area (Å²) in [7, 11) is 0. The minimum absolute atomic E-state index is 0.0425. The van der Waals surface area contributed by atoms with Crippen molar-refractivity contribution in [3.8, 4) is 0 Å². The van der Waals surface area contributed by atoms with Crippen molar-refractivity contribution in [1.82, 2.24) is 20.2 Å². The van der Waals surface area contributed by atoms with Gasteiger partial charge in [-0.15, -0.1) is 5.10 Å². The van der Waals surface area contributed by atoms with E-state index in [-0.39, 0.29) is 5.91 Å². The maximum Gasteiger partial charge on any atom is 0.270 e. The van der Waals surface area contributed by atoms with E-state index in [9.17, 15) is 4.79 Å². The van der Waals surface area contributed by atoms with Crippen molar-refractivity contribution >= 4 is 11.9 Å². The molecule has 0 aliphatic heterocycles. The van der Waals surface area contributed by atoms with Gasteiger partial charge < -0.3 is 0 Å². The molecule has 1 aromatic rings. The van der Waals surface area contributed by atoms with Crippen LogP contribution in [0.5, 0.6) is 0 Å². The van der Waals surface area contributed by atoms with Gasteiger partial charge in [0.05, 0.1) is 6.54 Å². The third-order valence-electron chi connectivity index (χ3n) is 1.99. The van der Waals surface area contributed by atoms with Crippen molar-refractivity contribution < 1.29 is 4.79 Å². The fourth-order valence-electron chi connectivity index (χ4n) is 1.15. The van der Waals surface area contributed by atoms with Crippen LogP contribution < -0.4 is 5.32 Å². The van der Waals surface area contributed by atoms with Crippen LogP contribution in [-0.4, -0.2) is 26.1 Å². The van der Waals surface area contributed by atoms with Gasteiger partial charge in [-0.3, -0.25) is 10.1 Å². The number of aryl methyl sites for hydroxylation is 1. The van der Waals surface area contributed by atoms with Gasteiger partial charge in [0.15, 0.2) is 0 Å². The summed E-state index contributed by atoms with van der Waals surface area (Å²) in [6.07, 6.45) is 3.61. The van der Waals surface area contributed by atoms with Crippen molar-refractivity contribution in [2.45, 2.75) is 46.1 Å². The molecular weight excluding hydrogens is 194 g/mol. The number of hydrogen-bond donors (Lipinski definition) is 1. The molecule has 1 aromatic heterocycles. The van der Waals surface area contributed by atoms with Gasteiger partial charge in [-0.25, -0.2) is 0 Å². The second kappa shape index (κ2) is 6.10. The summed E-state index contributed by atoms with van der Waals surface area (Å²) < 4.78 is 0. The quantitative estimate of drug-likeness (QED) is 0.718. The molecule has 1 N–H and O–H groups in total. The summed E-state index contributed by atoms with van der Waals surface area (Å²) in [5.74, 6) is 0.248. The Hall–Kier alpha value is -1.46. The van der Waals surface area contributed by atoms with Crippen molar-refractivity contribution in [3.63, 3.8) is 0 Å². The van der Waals surface area contributed by atoms with Gasteiger partial charge in [-0.2, -0.15) is 4.80 Å². The monoisotopic (exact) mass is 211 g/mol. The highest BCUT2D eigenvalue weighted by molar-refractivity contribution is 5.88. The molecule has 6 heteroatoms. The second-order valence-corrected chi connectivity index (χ2v) is 3.31. The molecule has 0 saturated heterocycles. The first-order chi connectivity index (χ1) is 7.26. The highest BCUT2D eigenvalue weighted by atomic mass is 16.1. The van der Waals surface area contributed by atoms with Gasteiger partial charge in [-0.05, 0) is 18.6 Å². The Kier molecular flexibility index (Phi) is 4.73. The Labute approximate surface area is 89.0 Å². The fourth-order valence-corrected chi connectivity index (χ4v) is 1.15. The van der Waals surface area contributed by atoms with E-state index in [0.29, 0.717) is 18.9 Å². The zero-order valence-corrected chi connectivity index (χ0v) is 9.23. The highest BCUT2D eigenvalue weighted by Gasteiger charge is 2.06. The number of nitrogens with one attached hydrogen (secondary N) is 1. The molecule has 0 aliphatic carbocycles. The second-order valence-electron chi connectivity index (χ2n) is 3.31. The van der Waals surface area contributed by atoms with Crippen LogP contribution in [0.1, 0.15) is 39.5 Å². The zero-order chi connectivity index (χ0) is 11.1. The van der Waals surface area contributed by atoms with Crippen LogP contribution in [0.25, 0.3) is 0 Å². The molecule has 1 amide bonds. The number of aromatic nitrogens is 4. The molecular formula is C9H17N5O. The topological polar surface area (TPSA) is 72.7 Å². The predicted molar refractivity (Wildman–Crippen MR) is 56.3 cm³/mol. The summed E-state index contributed by atoms with van der Waals surface area (Å²) in [5.41, 5.74) is 0. The van der Waals surface area contributed by atoms with Crippen LogP contribution in [0.15, 0.2) is 0 Å². The Morgan fingerprint density at radius 2 is 2.20 bits per heavy atom. The highest BCUT2D eigenvalue weighted by Crippen LogP contribution is 2.01. The number of anilines is 1. The molecule has 6 nitrogen and oxygen atoms in total. The molecule has 0 aliphatic rings. The normalized spacial score (nSPS) is 10.3. The molecule has 1 heterocycles. The predicted octanol–water partition coefficient (Wildman–Crippen LogP) is 1.21. The van der Waals surface area contributed by atoms with E-state index in [0.717, 1.165) is 19.3 Å². The Bertz CT molecular complexity index is 309. The van der Waals surface area contributed by atoms with Crippen LogP contribution in [-0.2, 0) is 11.3 Å². The van der Waals surface area contributed by atoms with Crippen molar-refractivity contribution in [2.75, 3.05) is 5.32 Å². The first-order valence-electron chi connectivity index (χ1n) is 5.34. The molecule has 0 fully saturated rings. The van der Waals surface area contributed by atoms with Crippen molar-refractivity contribution in [2.24, 2.45) is 0 Å². The minimum atomic E-state index is -0.0425. The molecule has 1 rings (SSSR count). The lowest BCUT2D eigenvalue weighted by Gasteiger charge is -1.98. The van der Waals surface area contributed by atoms with E-state index < -0.39 is 0 Å². The van der Waals surface area contributed by atoms with E-state index in [4.69, 9.17) is 0 Å². The molecule has 84 valence electrons. The number of tetrazole rings is 1. The summed E-state index contributed by atoms with van der Waals surface area (Å²) in [6.45, 7) is 4.67. The van der Waals surface area contributed by atoms with Crippen LogP contribution in [0, 0.1) is 0 Å². The molecule has 0 bridgehead atoms. The maximum absolute atomic E-state index is 11.4. The number of carbonyl (C=O) groups is 1. The van der Waals surface area contributed by atoms with Gasteiger partial charge >= 0.3 is 0 Å². The zero-order valence-electron chi connectivity index (χ0n) is 9.23. The van der Waals surface area contributed by atoms with Gasteiger partial charge in [0.25, 0.3) is 5.95 Å². The third kappa shape index (κ3) is 4.05. The lowest BCUT2D eigenvalue weighted by Crippen LogP contribution is -2.12. The number of rotatable bonds is 6. The average molecular weight is 211 g/mol. The number of amides is 1. The molecule has 15 heavy (non-hydrogen) atoms. The largest absolute Gasteiger partial charge is 0.292 e. The average Bonchev–Trinajstić information content (AvgIpc) is 2.66. The maximum atomic E-state index is 11.4. The molecule has 0 atom stereocenters. The lowest BCUT2D eigenvalue weighted by atomic mass is 10.2. The van der Waals surface area contributed by atoms with Crippen molar-refractivity contribution in [1.29, 1.82) is 0 Å². The summed E-state index contributed by atoms with van der Waals surface area (Å²) in [4.78, 5) is 12.8. The van der Waals surface area contributed by atoms with Gasteiger partial charge in [-0.1, -0.05) is 24.9 Å². The standard InChI is InChI=1S/C9H17N5O/c1-3-5-6-7-8(15)10-9-11-13-14(4-2)12-9/h3-7H2,1-2H3,(H,10,12,15). The molecule has 0 radical (unpaired) electrons. The fraction of sp³-hybridized carbons (Fsp3) is 0.778. The van der Waals surface area contributed by atoms with Crippen molar-refractivity contribution in [3.05, 3.63) is 0 Å². The number of carbonyl (C=O) groups excluding carboxylic acids is 1. The summed E-state index contributed by atoms with van der Waals surface area (Å²) in [5, 5.41) is 14.0. The van der Waals surface area contributed by atoms with Gasteiger partial charge in [0.1, 0.15) is 0 Å². The number of unbranched alkanes of at least 4 members (excludes halogenated alkanes) is 2. The van der Waals surface area contributed by atoms with Crippen LogP contribution in [0.4, 0.5) is 5.95 Å². The lowest BCUT2D eigenvalue weighted by molar-refractivity contribution is -0.116. The SMILES string of the molecule is CCCCCC(=O)Nc1nnn(CC)n1. The van der Waals surface area contributed by atoms with Gasteiger partial charge in [0.2, 0.25) is 5.91 Å². The van der Waals surface area contributed by atoms with Crippen LogP contribution >= 0.6 is 0 Å². The Balaban J connectivity index is 2.31. The first kappa shape index (κ1) is 11.6. The van der Waals surface area contributed by atoms with Gasteiger partial charge in [0, 0.05) is 6.42 Å². The third-order valence-corrected chi connectivity index (χ3v) is 1.99. The minimum Gasteiger partial charge on any atom is -0.292 e. The Morgan fingerprint density at radius 3 is 2.80 bits per heavy atom.